The van der Waals surface area contributed by atoms with E-state index in [-0.39, 0.29) is 6.61 Å². The van der Waals surface area contributed by atoms with Gasteiger partial charge in [-0.05, 0) is 28.1 Å². The van der Waals surface area contributed by atoms with Crippen molar-refractivity contribution in [2.24, 2.45) is 0 Å². The zero-order valence-corrected chi connectivity index (χ0v) is 11.0. The highest BCUT2D eigenvalue weighted by molar-refractivity contribution is 9.10. The first kappa shape index (κ1) is 11.4. The summed E-state index contributed by atoms with van der Waals surface area (Å²) in [5.41, 5.74) is 1.71. The van der Waals surface area contributed by atoms with Gasteiger partial charge in [0, 0.05) is 21.6 Å². The SMILES string of the molecule is OCc1cc(Br)cnc1-n1ncc2ccccc21. The summed E-state index contributed by atoms with van der Waals surface area (Å²) in [5, 5.41) is 14.8. The number of fused-ring (bicyclic) bond motifs is 1. The maximum atomic E-state index is 9.41. The number of nitrogens with zero attached hydrogens (tertiary/aromatic N) is 3. The van der Waals surface area contributed by atoms with E-state index in [1.54, 1.807) is 17.1 Å². The first-order valence-corrected chi connectivity index (χ1v) is 6.27. The van der Waals surface area contributed by atoms with Crippen molar-refractivity contribution in [3.63, 3.8) is 0 Å². The second-order valence-electron chi connectivity index (χ2n) is 3.91. The number of para-hydroxylation sites is 1. The Kier molecular flexibility index (Phi) is 2.85. The molecule has 0 spiro atoms. The molecule has 3 rings (SSSR count). The molecule has 90 valence electrons. The highest BCUT2D eigenvalue weighted by Crippen LogP contribution is 2.21. The van der Waals surface area contributed by atoms with Crippen LogP contribution in [0.1, 0.15) is 5.56 Å². The maximum absolute atomic E-state index is 9.41. The van der Waals surface area contributed by atoms with Crippen molar-refractivity contribution in [3.05, 3.63) is 52.8 Å². The fraction of sp³-hybridized carbons (Fsp3) is 0.0769. The van der Waals surface area contributed by atoms with Crippen LogP contribution in [-0.4, -0.2) is 19.9 Å². The number of hydrogen-bond acceptors (Lipinski definition) is 3. The lowest BCUT2D eigenvalue weighted by atomic mass is 10.2. The second kappa shape index (κ2) is 4.51. The molecule has 0 aliphatic heterocycles. The molecule has 0 saturated heterocycles. The first-order chi connectivity index (χ1) is 8.79. The van der Waals surface area contributed by atoms with Gasteiger partial charge in [-0.1, -0.05) is 18.2 Å². The summed E-state index contributed by atoms with van der Waals surface area (Å²) in [6, 6.07) is 9.75. The second-order valence-corrected chi connectivity index (χ2v) is 4.83. The van der Waals surface area contributed by atoms with Crippen LogP contribution in [0.2, 0.25) is 0 Å². The normalized spacial score (nSPS) is 11.0. The summed E-state index contributed by atoms with van der Waals surface area (Å²) < 4.78 is 2.58. The van der Waals surface area contributed by atoms with Gasteiger partial charge in [0.1, 0.15) is 0 Å². The molecule has 2 heterocycles. The summed E-state index contributed by atoms with van der Waals surface area (Å²) in [4.78, 5) is 4.34. The van der Waals surface area contributed by atoms with E-state index in [1.807, 2.05) is 30.3 Å². The minimum absolute atomic E-state index is 0.0735. The Morgan fingerprint density at radius 3 is 2.89 bits per heavy atom. The summed E-state index contributed by atoms with van der Waals surface area (Å²) in [7, 11) is 0. The van der Waals surface area contributed by atoms with E-state index in [2.05, 4.69) is 26.0 Å². The van der Waals surface area contributed by atoms with Gasteiger partial charge in [-0.2, -0.15) is 5.10 Å². The van der Waals surface area contributed by atoms with Crippen LogP contribution in [0, 0.1) is 0 Å². The summed E-state index contributed by atoms with van der Waals surface area (Å²) >= 11 is 3.35. The summed E-state index contributed by atoms with van der Waals surface area (Å²) in [5.74, 6) is 0.655. The van der Waals surface area contributed by atoms with Crippen molar-refractivity contribution >= 4 is 26.8 Å². The zero-order chi connectivity index (χ0) is 12.5. The van der Waals surface area contributed by atoms with Gasteiger partial charge in [0.25, 0.3) is 0 Å². The van der Waals surface area contributed by atoms with Crippen molar-refractivity contribution in [1.29, 1.82) is 0 Å². The van der Waals surface area contributed by atoms with Gasteiger partial charge in [-0.3, -0.25) is 0 Å². The predicted octanol–water partition coefficient (Wildman–Crippen LogP) is 2.68. The summed E-state index contributed by atoms with van der Waals surface area (Å²) in [6.45, 7) is -0.0735. The van der Waals surface area contributed by atoms with Gasteiger partial charge in [-0.15, -0.1) is 0 Å². The molecule has 0 aliphatic carbocycles. The highest BCUT2D eigenvalue weighted by atomic mass is 79.9. The standard InChI is InChI=1S/C13H10BrN3O/c14-11-5-10(8-18)13(15-7-11)17-12-4-2-1-3-9(12)6-16-17/h1-7,18H,8H2. The van der Waals surface area contributed by atoms with Crippen molar-refractivity contribution in [1.82, 2.24) is 14.8 Å². The molecule has 1 aromatic carbocycles. The van der Waals surface area contributed by atoms with Gasteiger partial charge in [0.05, 0.1) is 18.3 Å². The predicted molar refractivity (Wildman–Crippen MR) is 72.5 cm³/mol. The van der Waals surface area contributed by atoms with Crippen LogP contribution in [0.25, 0.3) is 16.7 Å². The van der Waals surface area contributed by atoms with Crippen LogP contribution in [0.5, 0.6) is 0 Å². The third-order valence-corrected chi connectivity index (χ3v) is 3.19. The molecule has 3 aromatic rings. The smallest absolute Gasteiger partial charge is 0.159 e. The van der Waals surface area contributed by atoms with E-state index in [1.165, 1.54) is 0 Å². The fourth-order valence-corrected chi connectivity index (χ4v) is 2.30. The topological polar surface area (TPSA) is 50.9 Å². The molecule has 0 radical (unpaired) electrons. The third kappa shape index (κ3) is 1.81. The van der Waals surface area contributed by atoms with Crippen LogP contribution in [-0.2, 0) is 6.61 Å². The molecule has 4 nitrogen and oxygen atoms in total. The molecule has 18 heavy (non-hydrogen) atoms. The number of benzene rings is 1. The zero-order valence-electron chi connectivity index (χ0n) is 9.42. The Morgan fingerprint density at radius 2 is 2.06 bits per heavy atom. The molecule has 0 bridgehead atoms. The molecule has 0 saturated carbocycles. The van der Waals surface area contributed by atoms with E-state index in [4.69, 9.17) is 0 Å². The number of aliphatic hydroxyl groups excluding tert-OH is 1. The number of pyridine rings is 1. The van der Waals surface area contributed by atoms with E-state index in [9.17, 15) is 5.11 Å². The van der Waals surface area contributed by atoms with E-state index < -0.39 is 0 Å². The van der Waals surface area contributed by atoms with E-state index in [0.717, 1.165) is 20.9 Å². The highest BCUT2D eigenvalue weighted by Gasteiger charge is 2.10. The lowest BCUT2D eigenvalue weighted by molar-refractivity contribution is 0.281. The van der Waals surface area contributed by atoms with Gasteiger partial charge < -0.3 is 5.11 Å². The third-order valence-electron chi connectivity index (χ3n) is 2.76. The molecular formula is C13H10BrN3O. The Labute approximate surface area is 112 Å². The quantitative estimate of drug-likeness (QED) is 0.792. The fourth-order valence-electron chi connectivity index (χ4n) is 1.92. The molecule has 5 heteroatoms. The molecule has 0 fully saturated rings. The number of aromatic nitrogens is 3. The van der Waals surface area contributed by atoms with Gasteiger partial charge in [0.15, 0.2) is 5.82 Å². The minimum atomic E-state index is -0.0735. The largest absolute Gasteiger partial charge is 0.392 e. The number of rotatable bonds is 2. The van der Waals surface area contributed by atoms with Crippen LogP contribution in [0.3, 0.4) is 0 Å². The molecule has 0 unspecified atom stereocenters. The first-order valence-electron chi connectivity index (χ1n) is 5.48. The molecule has 0 atom stereocenters. The van der Waals surface area contributed by atoms with E-state index in [0.29, 0.717) is 5.82 Å². The summed E-state index contributed by atoms with van der Waals surface area (Å²) in [6.07, 6.45) is 3.49. The Bertz CT molecular complexity index is 708. The van der Waals surface area contributed by atoms with Crippen molar-refractivity contribution in [3.8, 4) is 5.82 Å². The molecule has 2 aromatic heterocycles. The minimum Gasteiger partial charge on any atom is -0.392 e. The Hall–Kier alpha value is -1.72. The molecular weight excluding hydrogens is 294 g/mol. The van der Waals surface area contributed by atoms with Crippen molar-refractivity contribution in [2.45, 2.75) is 6.61 Å². The van der Waals surface area contributed by atoms with Crippen molar-refractivity contribution < 1.29 is 5.11 Å². The molecule has 0 amide bonds. The molecule has 1 N–H and O–H groups in total. The average Bonchev–Trinajstić information content (AvgIpc) is 2.82. The number of hydrogen-bond donors (Lipinski definition) is 1. The number of aliphatic hydroxyl groups is 1. The Morgan fingerprint density at radius 1 is 1.22 bits per heavy atom. The monoisotopic (exact) mass is 303 g/mol. The maximum Gasteiger partial charge on any atom is 0.159 e. The van der Waals surface area contributed by atoms with Crippen LogP contribution < -0.4 is 0 Å². The Balaban J connectivity index is 2.26. The lowest BCUT2D eigenvalue weighted by Crippen LogP contribution is -2.04. The number of halogens is 1. The van der Waals surface area contributed by atoms with Gasteiger partial charge in [-0.25, -0.2) is 9.67 Å². The van der Waals surface area contributed by atoms with Crippen LogP contribution in [0.4, 0.5) is 0 Å². The van der Waals surface area contributed by atoms with Crippen LogP contribution >= 0.6 is 15.9 Å². The van der Waals surface area contributed by atoms with Crippen molar-refractivity contribution in [2.75, 3.05) is 0 Å². The average molecular weight is 304 g/mol. The van der Waals surface area contributed by atoms with Gasteiger partial charge >= 0.3 is 0 Å². The van der Waals surface area contributed by atoms with E-state index >= 15 is 0 Å². The van der Waals surface area contributed by atoms with Gasteiger partial charge in [0.2, 0.25) is 0 Å². The molecule has 0 aliphatic rings. The van der Waals surface area contributed by atoms with Crippen LogP contribution in [0.15, 0.2) is 47.2 Å². The lowest BCUT2D eigenvalue weighted by Gasteiger charge is -2.07.